The fourth-order valence-corrected chi connectivity index (χ4v) is 3.38. The molecule has 3 nitrogen and oxygen atoms in total. The standard InChI is InChI=1S/C18H12N2OS/c21-18-13-8-4-5-9-14(13)19-17(20-18)16-11-10-15(22-16)12-6-2-1-3-7-12/h1-11H,(H,19,20,21). The van der Waals surface area contributed by atoms with Gasteiger partial charge in [0.1, 0.15) is 0 Å². The predicted molar refractivity (Wildman–Crippen MR) is 91.1 cm³/mol. The molecule has 1 N–H and O–H groups in total. The minimum Gasteiger partial charge on any atom is -0.305 e. The smallest absolute Gasteiger partial charge is 0.259 e. The molecule has 0 amide bonds. The van der Waals surface area contributed by atoms with Gasteiger partial charge in [-0.3, -0.25) is 4.79 Å². The molecule has 0 radical (unpaired) electrons. The highest BCUT2D eigenvalue weighted by Gasteiger charge is 2.09. The van der Waals surface area contributed by atoms with Crippen LogP contribution in [-0.4, -0.2) is 9.97 Å². The molecule has 0 saturated carbocycles. The lowest BCUT2D eigenvalue weighted by atomic mass is 10.2. The molecule has 0 bridgehead atoms. The minimum atomic E-state index is -0.102. The molecule has 0 atom stereocenters. The number of hydrogen-bond donors (Lipinski definition) is 1. The van der Waals surface area contributed by atoms with E-state index in [-0.39, 0.29) is 5.56 Å². The maximum absolute atomic E-state index is 12.2. The second-order valence-corrected chi connectivity index (χ2v) is 6.05. The van der Waals surface area contributed by atoms with Crippen molar-refractivity contribution in [1.82, 2.24) is 9.97 Å². The molecule has 4 aromatic rings. The molecule has 2 heterocycles. The molecule has 4 rings (SSSR count). The van der Waals surface area contributed by atoms with Gasteiger partial charge in [-0.05, 0) is 29.8 Å². The Morgan fingerprint density at radius 1 is 0.818 bits per heavy atom. The van der Waals surface area contributed by atoms with Crippen molar-refractivity contribution >= 4 is 22.2 Å². The summed E-state index contributed by atoms with van der Waals surface area (Å²) in [5.74, 6) is 0.621. The van der Waals surface area contributed by atoms with E-state index in [1.165, 1.54) is 5.56 Å². The van der Waals surface area contributed by atoms with Gasteiger partial charge in [0.25, 0.3) is 5.56 Å². The van der Waals surface area contributed by atoms with Crippen LogP contribution in [0.1, 0.15) is 0 Å². The highest BCUT2D eigenvalue weighted by molar-refractivity contribution is 7.18. The van der Waals surface area contributed by atoms with E-state index in [0.717, 1.165) is 15.3 Å². The fourth-order valence-electron chi connectivity index (χ4n) is 2.43. The minimum absolute atomic E-state index is 0.102. The molecule has 0 fully saturated rings. The Balaban J connectivity index is 1.83. The SMILES string of the molecule is O=c1[nH]c(-c2ccc(-c3ccccc3)s2)nc2ccccc12. The first-order valence-electron chi connectivity index (χ1n) is 6.96. The Morgan fingerprint density at radius 2 is 1.55 bits per heavy atom. The van der Waals surface area contributed by atoms with E-state index < -0.39 is 0 Å². The summed E-state index contributed by atoms with van der Waals surface area (Å²) in [4.78, 5) is 21.7. The molecule has 2 aromatic carbocycles. The van der Waals surface area contributed by atoms with E-state index in [0.29, 0.717) is 11.2 Å². The van der Waals surface area contributed by atoms with Crippen molar-refractivity contribution in [2.24, 2.45) is 0 Å². The van der Waals surface area contributed by atoms with E-state index >= 15 is 0 Å². The molecule has 0 unspecified atom stereocenters. The highest BCUT2D eigenvalue weighted by atomic mass is 32.1. The molecule has 0 aliphatic heterocycles. The summed E-state index contributed by atoms with van der Waals surface area (Å²) in [6, 6.07) is 21.6. The van der Waals surface area contributed by atoms with Crippen LogP contribution in [0.25, 0.3) is 32.0 Å². The summed E-state index contributed by atoms with van der Waals surface area (Å²) >= 11 is 1.62. The molecule has 2 aromatic heterocycles. The number of rotatable bonds is 2. The Morgan fingerprint density at radius 3 is 2.41 bits per heavy atom. The van der Waals surface area contributed by atoms with Crippen molar-refractivity contribution in [1.29, 1.82) is 0 Å². The van der Waals surface area contributed by atoms with Crippen LogP contribution in [0.2, 0.25) is 0 Å². The van der Waals surface area contributed by atoms with Crippen LogP contribution >= 0.6 is 11.3 Å². The maximum Gasteiger partial charge on any atom is 0.259 e. The van der Waals surface area contributed by atoms with Gasteiger partial charge in [-0.1, -0.05) is 42.5 Å². The lowest BCUT2D eigenvalue weighted by Gasteiger charge is -2.00. The number of para-hydroxylation sites is 1. The van der Waals surface area contributed by atoms with Crippen molar-refractivity contribution in [3.63, 3.8) is 0 Å². The number of nitrogens with one attached hydrogen (secondary N) is 1. The van der Waals surface area contributed by atoms with E-state index in [4.69, 9.17) is 0 Å². The van der Waals surface area contributed by atoms with Crippen LogP contribution in [-0.2, 0) is 0 Å². The zero-order valence-corrected chi connectivity index (χ0v) is 12.4. The second kappa shape index (κ2) is 5.24. The molecule has 22 heavy (non-hydrogen) atoms. The number of aromatic amines is 1. The summed E-state index contributed by atoms with van der Waals surface area (Å²) in [5, 5.41) is 0.617. The predicted octanol–water partition coefficient (Wildman–Crippen LogP) is 4.32. The zero-order chi connectivity index (χ0) is 14.9. The lowest BCUT2D eigenvalue weighted by molar-refractivity contribution is 1.19. The van der Waals surface area contributed by atoms with E-state index in [2.05, 4.69) is 28.2 Å². The normalized spacial score (nSPS) is 10.9. The van der Waals surface area contributed by atoms with Crippen LogP contribution in [0.3, 0.4) is 0 Å². The van der Waals surface area contributed by atoms with Crippen LogP contribution < -0.4 is 5.56 Å². The third-order valence-corrected chi connectivity index (χ3v) is 4.65. The largest absolute Gasteiger partial charge is 0.305 e. The third kappa shape index (κ3) is 2.23. The van der Waals surface area contributed by atoms with Crippen molar-refractivity contribution in [2.45, 2.75) is 0 Å². The van der Waals surface area contributed by atoms with Gasteiger partial charge in [-0.2, -0.15) is 0 Å². The van der Waals surface area contributed by atoms with Gasteiger partial charge in [-0.15, -0.1) is 11.3 Å². The number of benzene rings is 2. The molecule has 106 valence electrons. The van der Waals surface area contributed by atoms with Gasteiger partial charge in [0, 0.05) is 4.88 Å². The number of nitrogens with zero attached hydrogens (tertiary/aromatic N) is 1. The molecule has 0 spiro atoms. The fraction of sp³-hybridized carbons (Fsp3) is 0. The van der Waals surface area contributed by atoms with Crippen molar-refractivity contribution in [3.8, 4) is 21.1 Å². The zero-order valence-electron chi connectivity index (χ0n) is 11.6. The van der Waals surface area contributed by atoms with E-state index in [1.807, 2.05) is 42.5 Å². The second-order valence-electron chi connectivity index (χ2n) is 4.96. The third-order valence-electron chi connectivity index (χ3n) is 3.51. The van der Waals surface area contributed by atoms with Crippen LogP contribution in [0.15, 0.2) is 71.5 Å². The first kappa shape index (κ1) is 13.0. The quantitative estimate of drug-likeness (QED) is 0.599. The maximum atomic E-state index is 12.2. The van der Waals surface area contributed by atoms with Gasteiger partial charge >= 0.3 is 0 Å². The van der Waals surface area contributed by atoms with Crippen LogP contribution in [0, 0.1) is 0 Å². The summed E-state index contributed by atoms with van der Waals surface area (Å²) in [6.07, 6.45) is 0. The number of aromatic nitrogens is 2. The van der Waals surface area contributed by atoms with E-state index in [9.17, 15) is 4.79 Å². The van der Waals surface area contributed by atoms with Gasteiger partial charge in [0.2, 0.25) is 0 Å². The average molecular weight is 304 g/mol. The highest BCUT2D eigenvalue weighted by Crippen LogP contribution is 2.32. The van der Waals surface area contributed by atoms with E-state index in [1.54, 1.807) is 17.4 Å². The van der Waals surface area contributed by atoms with Crippen molar-refractivity contribution < 1.29 is 0 Å². The molecular weight excluding hydrogens is 292 g/mol. The van der Waals surface area contributed by atoms with Gasteiger partial charge in [0.15, 0.2) is 5.82 Å². The Bertz CT molecular complexity index is 1000. The monoisotopic (exact) mass is 304 g/mol. The first-order chi connectivity index (χ1) is 10.8. The number of thiophene rings is 1. The molecule has 0 aliphatic rings. The Labute approximate surface area is 130 Å². The number of fused-ring (bicyclic) bond motifs is 1. The average Bonchev–Trinajstić information content (AvgIpc) is 3.06. The summed E-state index contributed by atoms with van der Waals surface area (Å²) in [5.41, 5.74) is 1.79. The van der Waals surface area contributed by atoms with Crippen LogP contribution in [0.4, 0.5) is 0 Å². The van der Waals surface area contributed by atoms with Crippen molar-refractivity contribution in [2.75, 3.05) is 0 Å². The summed E-state index contributed by atoms with van der Waals surface area (Å²) in [6.45, 7) is 0. The lowest BCUT2D eigenvalue weighted by Crippen LogP contribution is -2.08. The molecule has 4 heteroatoms. The number of hydrogen-bond acceptors (Lipinski definition) is 3. The Hall–Kier alpha value is -2.72. The molecule has 0 saturated heterocycles. The topological polar surface area (TPSA) is 45.8 Å². The molecule has 0 aliphatic carbocycles. The van der Waals surface area contributed by atoms with Gasteiger partial charge in [0.05, 0.1) is 15.8 Å². The molecular formula is C18H12N2OS. The number of H-pyrrole nitrogens is 1. The van der Waals surface area contributed by atoms with Crippen molar-refractivity contribution in [3.05, 3.63) is 77.1 Å². The van der Waals surface area contributed by atoms with Crippen LogP contribution in [0.5, 0.6) is 0 Å². The summed E-state index contributed by atoms with van der Waals surface area (Å²) < 4.78 is 0. The summed E-state index contributed by atoms with van der Waals surface area (Å²) in [7, 11) is 0. The Kier molecular flexibility index (Phi) is 3.09. The van der Waals surface area contributed by atoms with Gasteiger partial charge in [-0.25, -0.2) is 4.98 Å². The first-order valence-corrected chi connectivity index (χ1v) is 7.77. The van der Waals surface area contributed by atoms with Gasteiger partial charge < -0.3 is 4.98 Å².